The second-order valence-electron chi connectivity index (χ2n) is 7.24. The molecule has 0 spiro atoms. The lowest BCUT2D eigenvalue weighted by atomic mass is 10.2. The normalized spacial score (nSPS) is 14.1. The number of nitrogens with one attached hydrogen (secondary N) is 1. The van der Waals surface area contributed by atoms with Crippen LogP contribution in [-0.4, -0.2) is 41.6 Å². The number of ether oxygens (including phenoxy) is 1. The third-order valence-corrected chi connectivity index (χ3v) is 5.30. The van der Waals surface area contributed by atoms with Crippen molar-refractivity contribution in [2.45, 2.75) is 0 Å². The highest BCUT2D eigenvalue weighted by Crippen LogP contribution is 2.27. The highest BCUT2D eigenvalue weighted by molar-refractivity contribution is 6.06. The van der Waals surface area contributed by atoms with Crippen molar-refractivity contribution in [2.24, 2.45) is 0 Å². The number of amides is 1. The maximum Gasteiger partial charge on any atom is 0.255 e. The summed E-state index contributed by atoms with van der Waals surface area (Å²) in [6.07, 6.45) is 3.84. The fraction of sp³-hybridized carbons (Fsp3) is 0.167. The number of hydrogen-bond donors (Lipinski definition) is 1. The van der Waals surface area contributed by atoms with Crippen LogP contribution in [0.5, 0.6) is 0 Å². The van der Waals surface area contributed by atoms with E-state index in [1.54, 1.807) is 0 Å². The molecule has 1 aliphatic heterocycles. The molecule has 30 heavy (non-hydrogen) atoms. The Labute approximate surface area is 174 Å². The topological polar surface area (TPSA) is 58.9 Å². The van der Waals surface area contributed by atoms with Crippen molar-refractivity contribution in [2.75, 3.05) is 36.5 Å². The molecule has 1 saturated heterocycles. The molecule has 0 atom stereocenters. The van der Waals surface area contributed by atoms with Gasteiger partial charge in [-0.15, -0.1) is 0 Å². The van der Waals surface area contributed by atoms with Gasteiger partial charge in [0.1, 0.15) is 5.65 Å². The van der Waals surface area contributed by atoms with Crippen LogP contribution in [0.1, 0.15) is 10.4 Å². The number of pyridine rings is 1. The standard InChI is InChI=1S/C24H22N4O2/c29-24(26-20-8-4-5-9-22(20)27-12-14-30-15-13-27)19-10-11-28-17-21(25-23(28)16-19)18-6-2-1-3-7-18/h1-11,16-17H,12-15H2,(H,26,29). The summed E-state index contributed by atoms with van der Waals surface area (Å²) in [5.74, 6) is -0.150. The van der Waals surface area contributed by atoms with Crippen LogP contribution in [0.2, 0.25) is 0 Å². The predicted octanol–water partition coefficient (Wildman–Crippen LogP) is 4.09. The van der Waals surface area contributed by atoms with Crippen molar-refractivity contribution in [1.29, 1.82) is 0 Å². The maximum atomic E-state index is 13.0. The van der Waals surface area contributed by atoms with Gasteiger partial charge in [-0.3, -0.25) is 4.79 Å². The molecular formula is C24H22N4O2. The molecule has 6 nitrogen and oxygen atoms in total. The summed E-state index contributed by atoms with van der Waals surface area (Å²) in [6.45, 7) is 3.02. The Balaban J connectivity index is 1.40. The van der Waals surface area contributed by atoms with E-state index < -0.39 is 0 Å². The summed E-state index contributed by atoms with van der Waals surface area (Å²) < 4.78 is 7.38. The van der Waals surface area contributed by atoms with Gasteiger partial charge in [0, 0.05) is 36.6 Å². The number of morpholine rings is 1. The molecule has 6 heteroatoms. The molecule has 5 rings (SSSR count). The first kappa shape index (κ1) is 18.4. The van der Waals surface area contributed by atoms with Crippen molar-refractivity contribution >= 4 is 22.9 Å². The zero-order chi connectivity index (χ0) is 20.3. The summed E-state index contributed by atoms with van der Waals surface area (Å²) >= 11 is 0. The minimum atomic E-state index is -0.150. The highest BCUT2D eigenvalue weighted by Gasteiger charge is 2.17. The molecule has 0 radical (unpaired) electrons. The van der Waals surface area contributed by atoms with E-state index in [4.69, 9.17) is 4.74 Å². The third-order valence-electron chi connectivity index (χ3n) is 5.30. The van der Waals surface area contributed by atoms with Crippen molar-refractivity contribution < 1.29 is 9.53 Å². The van der Waals surface area contributed by atoms with Crippen LogP contribution in [-0.2, 0) is 4.74 Å². The Bertz CT molecular complexity index is 1180. The number of carbonyl (C=O) groups excluding carboxylic acids is 1. The molecule has 2 aromatic carbocycles. The third kappa shape index (κ3) is 3.65. The van der Waals surface area contributed by atoms with Crippen LogP contribution in [0, 0.1) is 0 Å². The minimum Gasteiger partial charge on any atom is -0.378 e. The predicted molar refractivity (Wildman–Crippen MR) is 118 cm³/mol. The van der Waals surface area contributed by atoms with Gasteiger partial charge >= 0.3 is 0 Å². The molecule has 4 aromatic rings. The average molecular weight is 398 g/mol. The summed E-state index contributed by atoms with van der Waals surface area (Å²) in [5.41, 5.74) is 5.06. The van der Waals surface area contributed by atoms with Crippen LogP contribution in [0.3, 0.4) is 0 Å². The Morgan fingerprint density at radius 1 is 0.967 bits per heavy atom. The van der Waals surface area contributed by atoms with E-state index >= 15 is 0 Å². The molecule has 0 saturated carbocycles. The van der Waals surface area contributed by atoms with Crippen molar-refractivity contribution in [1.82, 2.24) is 9.38 Å². The molecule has 0 bridgehead atoms. The Kier molecular flexibility index (Phi) is 4.91. The van der Waals surface area contributed by atoms with Gasteiger partial charge < -0.3 is 19.4 Å². The van der Waals surface area contributed by atoms with Crippen LogP contribution in [0.15, 0.2) is 79.1 Å². The number of aromatic nitrogens is 2. The fourth-order valence-electron chi connectivity index (χ4n) is 3.72. The number of anilines is 2. The quantitative estimate of drug-likeness (QED) is 0.563. The van der Waals surface area contributed by atoms with E-state index in [1.165, 1.54) is 0 Å². The number of imidazole rings is 1. The number of carbonyl (C=O) groups is 1. The van der Waals surface area contributed by atoms with Crippen LogP contribution in [0.25, 0.3) is 16.9 Å². The van der Waals surface area contributed by atoms with Gasteiger partial charge in [0.25, 0.3) is 5.91 Å². The number of benzene rings is 2. The van der Waals surface area contributed by atoms with Gasteiger partial charge in [-0.1, -0.05) is 42.5 Å². The van der Waals surface area contributed by atoms with Gasteiger partial charge in [-0.25, -0.2) is 4.98 Å². The summed E-state index contributed by atoms with van der Waals surface area (Å²) in [5, 5.41) is 3.07. The largest absolute Gasteiger partial charge is 0.378 e. The first-order valence-electron chi connectivity index (χ1n) is 10.1. The summed E-state index contributed by atoms with van der Waals surface area (Å²) in [4.78, 5) is 19.9. The van der Waals surface area contributed by atoms with E-state index in [0.717, 1.165) is 41.4 Å². The zero-order valence-electron chi connectivity index (χ0n) is 16.5. The van der Waals surface area contributed by atoms with E-state index in [0.29, 0.717) is 18.8 Å². The molecule has 0 unspecified atom stereocenters. The van der Waals surface area contributed by atoms with Gasteiger partial charge in [0.05, 0.1) is 30.3 Å². The number of para-hydroxylation sites is 2. The molecule has 1 N–H and O–H groups in total. The molecule has 1 fully saturated rings. The Hall–Kier alpha value is -3.64. The lowest BCUT2D eigenvalue weighted by Gasteiger charge is -2.30. The Morgan fingerprint density at radius 2 is 1.73 bits per heavy atom. The van der Waals surface area contributed by atoms with Crippen LogP contribution < -0.4 is 10.2 Å². The second-order valence-corrected chi connectivity index (χ2v) is 7.24. The van der Waals surface area contributed by atoms with E-state index in [1.807, 2.05) is 83.5 Å². The Morgan fingerprint density at radius 3 is 2.57 bits per heavy atom. The summed E-state index contributed by atoms with van der Waals surface area (Å²) in [6, 6.07) is 21.5. The van der Waals surface area contributed by atoms with E-state index in [9.17, 15) is 4.79 Å². The van der Waals surface area contributed by atoms with E-state index in [2.05, 4.69) is 15.2 Å². The smallest absolute Gasteiger partial charge is 0.255 e. The average Bonchev–Trinajstić information content (AvgIpc) is 3.24. The SMILES string of the molecule is O=C(Nc1ccccc1N1CCOCC1)c1ccn2cc(-c3ccccc3)nc2c1. The van der Waals surface area contributed by atoms with E-state index in [-0.39, 0.29) is 5.91 Å². The second kappa shape index (κ2) is 8.00. The zero-order valence-corrected chi connectivity index (χ0v) is 16.5. The first-order valence-corrected chi connectivity index (χ1v) is 10.1. The molecule has 0 aliphatic carbocycles. The summed E-state index contributed by atoms with van der Waals surface area (Å²) in [7, 11) is 0. The first-order chi connectivity index (χ1) is 14.8. The van der Waals surface area contributed by atoms with Gasteiger partial charge in [0.15, 0.2) is 0 Å². The molecule has 1 amide bonds. The van der Waals surface area contributed by atoms with Gasteiger partial charge in [-0.2, -0.15) is 0 Å². The number of rotatable bonds is 4. The molecular weight excluding hydrogens is 376 g/mol. The number of nitrogens with zero attached hydrogens (tertiary/aromatic N) is 3. The highest BCUT2D eigenvalue weighted by atomic mass is 16.5. The number of fused-ring (bicyclic) bond motifs is 1. The fourth-order valence-corrected chi connectivity index (χ4v) is 3.72. The molecule has 1 aliphatic rings. The van der Waals surface area contributed by atoms with Crippen molar-refractivity contribution in [3.05, 3.63) is 84.7 Å². The molecule has 150 valence electrons. The monoisotopic (exact) mass is 398 g/mol. The number of hydrogen-bond acceptors (Lipinski definition) is 4. The van der Waals surface area contributed by atoms with Crippen molar-refractivity contribution in [3.8, 4) is 11.3 Å². The van der Waals surface area contributed by atoms with Crippen molar-refractivity contribution in [3.63, 3.8) is 0 Å². The lowest BCUT2D eigenvalue weighted by molar-refractivity contribution is 0.102. The minimum absolute atomic E-state index is 0.150. The maximum absolute atomic E-state index is 13.0. The molecule has 3 heterocycles. The van der Waals surface area contributed by atoms with Gasteiger partial charge in [-0.05, 0) is 24.3 Å². The molecule has 2 aromatic heterocycles. The van der Waals surface area contributed by atoms with Crippen LogP contribution in [0.4, 0.5) is 11.4 Å². The van der Waals surface area contributed by atoms with Crippen LogP contribution >= 0.6 is 0 Å². The van der Waals surface area contributed by atoms with Gasteiger partial charge in [0.2, 0.25) is 0 Å². The lowest BCUT2D eigenvalue weighted by Crippen LogP contribution is -2.36.